The normalized spacial score (nSPS) is 14.2. The summed E-state index contributed by atoms with van der Waals surface area (Å²) in [6, 6.07) is 24.1. The summed E-state index contributed by atoms with van der Waals surface area (Å²) >= 11 is 0. The topological polar surface area (TPSA) is 48.5 Å². The standard InChI is InChI=1S/C24H24N4O/c29-24(14-11-20-7-3-1-4-8-20)26-21-12-13-23(25-19-21)28-17-15-27(16-18-28)22-9-5-2-6-10-22/h1-14,19H,15-18H2,(H,26,29)/b14-11+. The second kappa shape index (κ2) is 9.06. The van der Waals surface area contributed by atoms with E-state index < -0.39 is 0 Å². The van der Waals surface area contributed by atoms with E-state index in [1.54, 1.807) is 12.3 Å². The zero-order valence-electron chi connectivity index (χ0n) is 16.2. The third-order valence-corrected chi connectivity index (χ3v) is 4.97. The summed E-state index contributed by atoms with van der Waals surface area (Å²) in [5, 5.41) is 2.86. The van der Waals surface area contributed by atoms with Gasteiger partial charge in [0, 0.05) is 37.9 Å². The highest BCUT2D eigenvalue weighted by Gasteiger charge is 2.18. The van der Waals surface area contributed by atoms with Gasteiger partial charge in [-0.2, -0.15) is 0 Å². The van der Waals surface area contributed by atoms with Gasteiger partial charge in [0.1, 0.15) is 5.82 Å². The summed E-state index contributed by atoms with van der Waals surface area (Å²) in [5.41, 5.74) is 2.95. The number of carbonyl (C=O) groups is 1. The smallest absolute Gasteiger partial charge is 0.248 e. The molecule has 1 N–H and O–H groups in total. The molecule has 0 aliphatic carbocycles. The number of para-hydroxylation sites is 1. The molecule has 29 heavy (non-hydrogen) atoms. The van der Waals surface area contributed by atoms with E-state index in [0.29, 0.717) is 5.69 Å². The first kappa shape index (κ1) is 18.7. The van der Waals surface area contributed by atoms with Crippen LogP contribution in [0.3, 0.4) is 0 Å². The highest BCUT2D eigenvalue weighted by molar-refractivity contribution is 6.01. The maximum absolute atomic E-state index is 12.1. The molecular formula is C24H24N4O. The maximum atomic E-state index is 12.1. The maximum Gasteiger partial charge on any atom is 0.248 e. The van der Waals surface area contributed by atoms with Crippen LogP contribution in [0.4, 0.5) is 17.2 Å². The van der Waals surface area contributed by atoms with Crippen molar-refractivity contribution < 1.29 is 4.79 Å². The average Bonchev–Trinajstić information content (AvgIpc) is 2.80. The summed E-state index contributed by atoms with van der Waals surface area (Å²) in [7, 11) is 0. The first-order chi connectivity index (χ1) is 14.3. The van der Waals surface area contributed by atoms with Gasteiger partial charge >= 0.3 is 0 Å². The molecule has 1 fully saturated rings. The van der Waals surface area contributed by atoms with Crippen LogP contribution >= 0.6 is 0 Å². The number of pyridine rings is 1. The van der Waals surface area contributed by atoms with Crippen molar-refractivity contribution in [2.75, 3.05) is 41.3 Å². The molecule has 1 aromatic heterocycles. The molecule has 0 spiro atoms. The number of aromatic nitrogens is 1. The van der Waals surface area contributed by atoms with E-state index in [1.807, 2.05) is 48.5 Å². The van der Waals surface area contributed by atoms with E-state index in [2.05, 4.69) is 44.4 Å². The Balaban J connectivity index is 1.30. The number of nitrogens with zero attached hydrogens (tertiary/aromatic N) is 3. The number of piperazine rings is 1. The van der Waals surface area contributed by atoms with E-state index in [4.69, 9.17) is 0 Å². The number of hydrogen-bond acceptors (Lipinski definition) is 4. The number of anilines is 3. The van der Waals surface area contributed by atoms with Gasteiger partial charge in [-0.3, -0.25) is 4.79 Å². The zero-order chi connectivity index (χ0) is 19.9. The van der Waals surface area contributed by atoms with Gasteiger partial charge in [0.15, 0.2) is 0 Å². The van der Waals surface area contributed by atoms with Crippen molar-refractivity contribution in [2.24, 2.45) is 0 Å². The molecule has 5 heteroatoms. The molecule has 0 radical (unpaired) electrons. The van der Waals surface area contributed by atoms with Crippen LogP contribution in [0.15, 0.2) is 85.1 Å². The fourth-order valence-corrected chi connectivity index (χ4v) is 3.40. The fourth-order valence-electron chi connectivity index (χ4n) is 3.40. The minimum Gasteiger partial charge on any atom is -0.368 e. The summed E-state index contributed by atoms with van der Waals surface area (Å²) < 4.78 is 0. The number of benzene rings is 2. The van der Waals surface area contributed by atoms with Gasteiger partial charge in [-0.15, -0.1) is 0 Å². The summed E-state index contributed by atoms with van der Waals surface area (Å²) in [4.78, 5) is 21.3. The van der Waals surface area contributed by atoms with Crippen LogP contribution in [0, 0.1) is 0 Å². The van der Waals surface area contributed by atoms with Crippen molar-refractivity contribution in [2.45, 2.75) is 0 Å². The van der Waals surface area contributed by atoms with Crippen LogP contribution in [0.1, 0.15) is 5.56 Å². The third kappa shape index (κ3) is 5.02. The van der Waals surface area contributed by atoms with E-state index in [1.165, 1.54) is 11.8 Å². The molecule has 0 unspecified atom stereocenters. The first-order valence-electron chi connectivity index (χ1n) is 9.83. The van der Waals surface area contributed by atoms with Gasteiger partial charge in [-0.05, 0) is 35.9 Å². The lowest BCUT2D eigenvalue weighted by atomic mass is 10.2. The van der Waals surface area contributed by atoms with Crippen molar-refractivity contribution >= 4 is 29.2 Å². The molecule has 5 nitrogen and oxygen atoms in total. The highest BCUT2D eigenvalue weighted by atomic mass is 16.1. The van der Waals surface area contributed by atoms with E-state index in [-0.39, 0.29) is 5.91 Å². The number of hydrogen-bond donors (Lipinski definition) is 1. The average molecular weight is 384 g/mol. The second-order valence-electron chi connectivity index (χ2n) is 6.95. The van der Waals surface area contributed by atoms with Crippen molar-refractivity contribution in [3.63, 3.8) is 0 Å². The molecule has 0 atom stereocenters. The summed E-state index contributed by atoms with van der Waals surface area (Å²) in [5.74, 6) is 0.774. The molecule has 2 heterocycles. The number of rotatable bonds is 5. The molecular weight excluding hydrogens is 360 g/mol. The molecule has 1 amide bonds. The Labute approximate surface area is 171 Å². The van der Waals surface area contributed by atoms with Gasteiger partial charge in [0.05, 0.1) is 11.9 Å². The van der Waals surface area contributed by atoms with E-state index >= 15 is 0 Å². The van der Waals surface area contributed by atoms with E-state index in [9.17, 15) is 4.79 Å². The minimum atomic E-state index is -0.167. The van der Waals surface area contributed by atoms with E-state index in [0.717, 1.165) is 37.6 Å². The van der Waals surface area contributed by atoms with Gasteiger partial charge in [0.2, 0.25) is 5.91 Å². The number of amides is 1. The fraction of sp³-hybridized carbons (Fsp3) is 0.167. The number of nitrogens with one attached hydrogen (secondary N) is 1. The predicted octanol–water partition coefficient (Wildman–Crippen LogP) is 4.06. The molecule has 1 aliphatic rings. The van der Waals surface area contributed by atoms with Gasteiger partial charge < -0.3 is 15.1 Å². The molecule has 0 saturated carbocycles. The predicted molar refractivity (Wildman–Crippen MR) is 119 cm³/mol. The third-order valence-electron chi connectivity index (χ3n) is 4.97. The summed E-state index contributed by atoms with van der Waals surface area (Å²) in [6.07, 6.45) is 5.04. The quantitative estimate of drug-likeness (QED) is 0.674. The van der Waals surface area contributed by atoms with Crippen LogP contribution < -0.4 is 15.1 Å². The highest BCUT2D eigenvalue weighted by Crippen LogP contribution is 2.20. The van der Waals surface area contributed by atoms with Crippen molar-refractivity contribution in [1.82, 2.24) is 4.98 Å². The first-order valence-corrected chi connectivity index (χ1v) is 9.83. The van der Waals surface area contributed by atoms with Gasteiger partial charge in [0.25, 0.3) is 0 Å². The Bertz CT molecular complexity index is 947. The van der Waals surface area contributed by atoms with Crippen molar-refractivity contribution in [1.29, 1.82) is 0 Å². The molecule has 3 aromatic rings. The van der Waals surface area contributed by atoms with Crippen LogP contribution in [0.2, 0.25) is 0 Å². The van der Waals surface area contributed by atoms with Crippen LogP contribution in [0.5, 0.6) is 0 Å². The van der Waals surface area contributed by atoms with Gasteiger partial charge in [-0.1, -0.05) is 48.5 Å². The summed E-state index contributed by atoms with van der Waals surface area (Å²) in [6.45, 7) is 3.78. The van der Waals surface area contributed by atoms with Crippen molar-refractivity contribution in [3.05, 3.63) is 90.6 Å². The SMILES string of the molecule is O=C(/C=C/c1ccccc1)Nc1ccc(N2CCN(c3ccccc3)CC2)nc1. The van der Waals surface area contributed by atoms with Crippen molar-refractivity contribution in [3.8, 4) is 0 Å². The Hall–Kier alpha value is -3.60. The molecule has 146 valence electrons. The minimum absolute atomic E-state index is 0.167. The Kier molecular flexibility index (Phi) is 5.86. The lowest BCUT2D eigenvalue weighted by Crippen LogP contribution is -2.46. The molecule has 0 bridgehead atoms. The van der Waals surface area contributed by atoms with Crippen LogP contribution in [-0.4, -0.2) is 37.1 Å². The molecule has 1 saturated heterocycles. The lowest BCUT2D eigenvalue weighted by molar-refractivity contribution is -0.111. The van der Waals surface area contributed by atoms with Gasteiger partial charge in [-0.25, -0.2) is 4.98 Å². The zero-order valence-corrected chi connectivity index (χ0v) is 16.2. The molecule has 4 rings (SSSR count). The second-order valence-corrected chi connectivity index (χ2v) is 6.95. The monoisotopic (exact) mass is 384 g/mol. The van der Waals surface area contributed by atoms with Crippen LogP contribution in [-0.2, 0) is 4.79 Å². The lowest BCUT2D eigenvalue weighted by Gasteiger charge is -2.36. The number of carbonyl (C=O) groups excluding carboxylic acids is 1. The largest absolute Gasteiger partial charge is 0.368 e. The Morgan fingerprint density at radius 1 is 0.828 bits per heavy atom. The Morgan fingerprint density at radius 3 is 2.14 bits per heavy atom. The van der Waals surface area contributed by atoms with Crippen LogP contribution in [0.25, 0.3) is 6.08 Å². The molecule has 2 aromatic carbocycles. The Morgan fingerprint density at radius 2 is 1.48 bits per heavy atom. The molecule has 1 aliphatic heterocycles.